The average Bonchev–Trinajstić information content (AvgIpc) is 2.64. The summed E-state index contributed by atoms with van der Waals surface area (Å²) in [6.07, 6.45) is 0.0965. The van der Waals surface area contributed by atoms with Gasteiger partial charge in [-0.2, -0.15) is 0 Å². The molecule has 0 spiro atoms. The Morgan fingerprint density at radius 1 is 1.07 bits per heavy atom. The third-order valence-corrected chi connectivity index (χ3v) is 3.78. The SMILES string of the molecule is O=C(O)C(=O)O.O=C(O)CCNCC(c1ccc(F)cc1)N1CCOCC1. The molecule has 0 aliphatic carbocycles. The van der Waals surface area contributed by atoms with E-state index in [0.29, 0.717) is 26.3 Å². The minimum atomic E-state index is -1.82. The van der Waals surface area contributed by atoms with Gasteiger partial charge in [-0.1, -0.05) is 12.1 Å². The van der Waals surface area contributed by atoms with E-state index in [2.05, 4.69) is 10.2 Å². The van der Waals surface area contributed by atoms with Gasteiger partial charge in [0.2, 0.25) is 0 Å². The van der Waals surface area contributed by atoms with E-state index in [1.807, 2.05) is 0 Å². The van der Waals surface area contributed by atoms with Crippen molar-refractivity contribution < 1.29 is 38.8 Å². The molecule has 2 rings (SSSR count). The van der Waals surface area contributed by atoms with Gasteiger partial charge in [-0.05, 0) is 17.7 Å². The number of carboxylic acids is 3. The molecule has 1 aromatic carbocycles. The van der Waals surface area contributed by atoms with Crippen molar-refractivity contribution in [2.24, 2.45) is 0 Å². The minimum absolute atomic E-state index is 0.0965. The fourth-order valence-corrected chi connectivity index (χ4v) is 2.47. The maximum Gasteiger partial charge on any atom is 0.414 e. The number of benzene rings is 1. The third-order valence-electron chi connectivity index (χ3n) is 3.78. The monoisotopic (exact) mass is 386 g/mol. The number of halogens is 1. The molecule has 1 unspecified atom stereocenters. The van der Waals surface area contributed by atoms with Gasteiger partial charge in [0.25, 0.3) is 0 Å². The van der Waals surface area contributed by atoms with Crippen LogP contribution in [0.3, 0.4) is 0 Å². The van der Waals surface area contributed by atoms with Gasteiger partial charge >= 0.3 is 17.9 Å². The fourth-order valence-electron chi connectivity index (χ4n) is 2.47. The van der Waals surface area contributed by atoms with Crippen LogP contribution in [0.2, 0.25) is 0 Å². The van der Waals surface area contributed by atoms with E-state index < -0.39 is 17.9 Å². The van der Waals surface area contributed by atoms with Gasteiger partial charge in [0.1, 0.15) is 5.82 Å². The van der Waals surface area contributed by atoms with Crippen LogP contribution in [0.1, 0.15) is 18.0 Å². The summed E-state index contributed by atoms with van der Waals surface area (Å²) in [6, 6.07) is 6.59. The van der Waals surface area contributed by atoms with Crippen LogP contribution in [-0.4, -0.2) is 77.5 Å². The van der Waals surface area contributed by atoms with E-state index in [1.54, 1.807) is 12.1 Å². The molecule has 0 amide bonds. The third kappa shape index (κ3) is 9.08. The zero-order valence-electron chi connectivity index (χ0n) is 14.6. The second kappa shape index (κ2) is 11.9. The standard InChI is InChI=1S/C15H21FN2O3.C2H2O4/c16-13-3-1-12(2-4-13)14(11-17-6-5-15(19)20)18-7-9-21-10-8-18;3-1(4)2(5)6/h1-4,14,17H,5-11H2,(H,19,20);(H,3,4)(H,5,6). The van der Waals surface area contributed by atoms with E-state index in [1.165, 1.54) is 12.1 Å². The molecule has 0 bridgehead atoms. The van der Waals surface area contributed by atoms with Crippen LogP contribution in [-0.2, 0) is 19.1 Å². The fraction of sp³-hybridized carbons (Fsp3) is 0.471. The van der Waals surface area contributed by atoms with Gasteiger partial charge in [0.05, 0.1) is 19.6 Å². The molecule has 1 fully saturated rings. The first-order valence-electron chi connectivity index (χ1n) is 8.27. The molecule has 0 saturated carbocycles. The van der Waals surface area contributed by atoms with Crippen LogP contribution in [0.15, 0.2) is 24.3 Å². The summed E-state index contributed by atoms with van der Waals surface area (Å²) in [5.41, 5.74) is 1.03. The van der Waals surface area contributed by atoms with E-state index >= 15 is 0 Å². The van der Waals surface area contributed by atoms with Crippen molar-refractivity contribution in [3.8, 4) is 0 Å². The van der Waals surface area contributed by atoms with E-state index in [4.69, 9.17) is 29.6 Å². The van der Waals surface area contributed by atoms with Gasteiger partial charge in [-0.15, -0.1) is 0 Å². The molecule has 10 heteroatoms. The average molecular weight is 386 g/mol. The van der Waals surface area contributed by atoms with Crippen molar-refractivity contribution in [3.05, 3.63) is 35.6 Å². The molecule has 1 aliphatic rings. The summed E-state index contributed by atoms with van der Waals surface area (Å²) in [5.74, 6) is -4.71. The smallest absolute Gasteiger partial charge is 0.414 e. The summed E-state index contributed by atoms with van der Waals surface area (Å²) >= 11 is 0. The lowest BCUT2D eigenvalue weighted by Crippen LogP contribution is -2.43. The van der Waals surface area contributed by atoms with Gasteiger partial charge in [-0.3, -0.25) is 9.69 Å². The van der Waals surface area contributed by atoms with Crippen molar-refractivity contribution in [3.63, 3.8) is 0 Å². The Hall–Kier alpha value is -2.56. The predicted molar refractivity (Wildman–Crippen MR) is 91.9 cm³/mol. The number of hydrogen-bond donors (Lipinski definition) is 4. The molecule has 1 aliphatic heterocycles. The molecule has 4 N–H and O–H groups in total. The maximum absolute atomic E-state index is 13.1. The normalized spacial score (nSPS) is 15.3. The van der Waals surface area contributed by atoms with Crippen molar-refractivity contribution in [1.82, 2.24) is 10.2 Å². The number of hydrogen-bond acceptors (Lipinski definition) is 6. The largest absolute Gasteiger partial charge is 0.481 e. The Kier molecular flexibility index (Phi) is 9.94. The summed E-state index contributed by atoms with van der Waals surface area (Å²) in [7, 11) is 0. The highest BCUT2D eigenvalue weighted by molar-refractivity contribution is 6.27. The first-order valence-corrected chi connectivity index (χ1v) is 8.27. The summed E-state index contributed by atoms with van der Waals surface area (Å²) in [4.78, 5) is 31.0. The molecular formula is C17H23FN2O7. The van der Waals surface area contributed by atoms with Gasteiger partial charge in [0, 0.05) is 32.2 Å². The van der Waals surface area contributed by atoms with Gasteiger partial charge in [-0.25, -0.2) is 14.0 Å². The number of nitrogens with one attached hydrogen (secondary N) is 1. The second-order valence-electron chi connectivity index (χ2n) is 5.67. The van der Waals surface area contributed by atoms with Crippen molar-refractivity contribution >= 4 is 17.9 Å². The lowest BCUT2D eigenvalue weighted by molar-refractivity contribution is -0.159. The number of aliphatic carboxylic acids is 3. The molecule has 27 heavy (non-hydrogen) atoms. The molecule has 1 aromatic rings. The molecule has 150 valence electrons. The Morgan fingerprint density at radius 2 is 1.63 bits per heavy atom. The van der Waals surface area contributed by atoms with Crippen LogP contribution in [0.4, 0.5) is 4.39 Å². The first kappa shape index (κ1) is 22.5. The molecule has 0 aromatic heterocycles. The number of carboxylic acid groups (broad SMARTS) is 3. The number of nitrogens with zero attached hydrogens (tertiary/aromatic N) is 1. The molecule has 1 heterocycles. The second-order valence-corrected chi connectivity index (χ2v) is 5.67. The van der Waals surface area contributed by atoms with E-state index in [0.717, 1.165) is 18.7 Å². The summed E-state index contributed by atoms with van der Waals surface area (Å²) in [5, 5.41) is 26.6. The number of ether oxygens (including phenoxy) is 1. The lowest BCUT2D eigenvalue weighted by atomic mass is 10.0. The highest BCUT2D eigenvalue weighted by Gasteiger charge is 2.22. The number of rotatable bonds is 7. The zero-order valence-corrected chi connectivity index (χ0v) is 14.6. The van der Waals surface area contributed by atoms with Gasteiger partial charge < -0.3 is 25.4 Å². The highest BCUT2D eigenvalue weighted by Crippen LogP contribution is 2.21. The Balaban J connectivity index is 0.000000527. The van der Waals surface area contributed by atoms with Crippen LogP contribution in [0, 0.1) is 5.82 Å². The summed E-state index contributed by atoms with van der Waals surface area (Å²) in [6.45, 7) is 4.08. The zero-order chi connectivity index (χ0) is 20.2. The van der Waals surface area contributed by atoms with Crippen LogP contribution >= 0.6 is 0 Å². The Labute approximate surface area is 155 Å². The number of carbonyl (C=O) groups is 3. The minimum Gasteiger partial charge on any atom is -0.481 e. The number of morpholine rings is 1. The Bertz CT molecular complexity index is 606. The molecule has 1 atom stereocenters. The van der Waals surface area contributed by atoms with E-state index in [9.17, 15) is 9.18 Å². The summed E-state index contributed by atoms with van der Waals surface area (Å²) < 4.78 is 18.4. The maximum atomic E-state index is 13.1. The highest BCUT2D eigenvalue weighted by atomic mass is 19.1. The van der Waals surface area contributed by atoms with Crippen LogP contribution < -0.4 is 5.32 Å². The molecular weight excluding hydrogens is 363 g/mol. The predicted octanol–water partition coefficient (Wildman–Crippen LogP) is 0.419. The molecule has 1 saturated heterocycles. The molecule has 0 radical (unpaired) electrons. The van der Waals surface area contributed by atoms with Crippen molar-refractivity contribution in [2.75, 3.05) is 39.4 Å². The van der Waals surface area contributed by atoms with Crippen LogP contribution in [0.25, 0.3) is 0 Å². The van der Waals surface area contributed by atoms with Crippen molar-refractivity contribution in [2.45, 2.75) is 12.5 Å². The Morgan fingerprint density at radius 3 is 2.11 bits per heavy atom. The van der Waals surface area contributed by atoms with Gasteiger partial charge in [0.15, 0.2) is 0 Å². The van der Waals surface area contributed by atoms with E-state index in [-0.39, 0.29) is 18.3 Å². The van der Waals surface area contributed by atoms with Crippen LogP contribution in [0.5, 0.6) is 0 Å². The molecule has 9 nitrogen and oxygen atoms in total. The quantitative estimate of drug-likeness (QED) is 0.388. The lowest BCUT2D eigenvalue weighted by Gasteiger charge is -2.35. The van der Waals surface area contributed by atoms with Crippen molar-refractivity contribution in [1.29, 1.82) is 0 Å². The topological polar surface area (TPSA) is 136 Å². The first-order chi connectivity index (χ1) is 12.8.